The van der Waals surface area contributed by atoms with Gasteiger partial charge in [0.15, 0.2) is 11.5 Å². The second-order valence-corrected chi connectivity index (χ2v) is 8.44. The maximum atomic E-state index is 13.2. The second kappa shape index (κ2) is 10.6. The average molecular weight is 469 g/mol. The number of aliphatic hydroxyl groups is 1. The lowest BCUT2D eigenvalue weighted by atomic mass is 9.93. The predicted octanol–water partition coefficient (Wildman–Crippen LogP) is 3.39. The number of ether oxygens (including phenoxy) is 3. The van der Waals surface area contributed by atoms with E-state index in [1.54, 1.807) is 43.5 Å². The number of hydrogen-bond acceptors (Lipinski definition) is 7. The molecule has 2 aromatic carbocycles. The maximum absolute atomic E-state index is 13.2. The molecule has 0 unspecified atom stereocenters. The van der Waals surface area contributed by atoms with Crippen LogP contribution in [0.1, 0.15) is 29.2 Å². The lowest BCUT2D eigenvalue weighted by molar-refractivity contribution is -0.139. The number of aliphatic hydroxyl groups excluding tert-OH is 1. The van der Waals surface area contributed by atoms with Crippen molar-refractivity contribution in [3.8, 4) is 17.2 Å². The van der Waals surface area contributed by atoms with E-state index >= 15 is 0 Å². The first-order chi connectivity index (χ1) is 16.2. The fourth-order valence-electron chi connectivity index (χ4n) is 4.21. The molecular weight excluding hydrogens is 436 g/mol. The Morgan fingerprint density at radius 3 is 2.29 bits per heavy atom. The van der Waals surface area contributed by atoms with E-state index in [0.717, 1.165) is 12.1 Å². The zero-order chi connectivity index (χ0) is 25.0. The summed E-state index contributed by atoms with van der Waals surface area (Å²) >= 11 is 0. The summed E-state index contributed by atoms with van der Waals surface area (Å²) in [6.45, 7) is 2.93. The summed E-state index contributed by atoms with van der Waals surface area (Å²) in [5, 5.41) is 11.3. The summed E-state index contributed by atoms with van der Waals surface area (Å²) in [6, 6.07) is 9.66. The molecule has 2 aromatic rings. The number of hydrogen-bond donors (Lipinski definition) is 1. The first-order valence-electron chi connectivity index (χ1n) is 11.0. The van der Waals surface area contributed by atoms with Crippen molar-refractivity contribution in [1.29, 1.82) is 0 Å². The van der Waals surface area contributed by atoms with Crippen LogP contribution in [0.15, 0.2) is 42.0 Å². The van der Waals surface area contributed by atoms with Crippen LogP contribution in [0.3, 0.4) is 0 Å². The van der Waals surface area contributed by atoms with Crippen LogP contribution in [0.5, 0.6) is 17.2 Å². The van der Waals surface area contributed by atoms with Crippen LogP contribution >= 0.6 is 0 Å². The topological polar surface area (TPSA) is 88.5 Å². The van der Waals surface area contributed by atoms with E-state index in [2.05, 4.69) is 0 Å². The van der Waals surface area contributed by atoms with Crippen molar-refractivity contribution in [2.24, 2.45) is 0 Å². The number of nitrogens with zero attached hydrogens (tertiary/aromatic N) is 2. The van der Waals surface area contributed by atoms with E-state index in [9.17, 15) is 14.7 Å². The Bertz CT molecular complexity index is 1110. The zero-order valence-electron chi connectivity index (χ0n) is 20.5. The molecule has 1 fully saturated rings. The number of likely N-dealkylation sites (tertiary alicyclic amines) is 1. The first-order valence-corrected chi connectivity index (χ1v) is 11.0. The van der Waals surface area contributed by atoms with Gasteiger partial charge in [0, 0.05) is 12.1 Å². The van der Waals surface area contributed by atoms with Crippen LogP contribution in [-0.2, 0) is 9.59 Å². The number of methoxy groups -OCH3 is 3. The summed E-state index contributed by atoms with van der Waals surface area (Å²) in [5.74, 6) is 0.0768. The zero-order valence-corrected chi connectivity index (χ0v) is 20.5. The second-order valence-electron chi connectivity index (χ2n) is 8.44. The van der Waals surface area contributed by atoms with Crippen molar-refractivity contribution in [1.82, 2.24) is 9.80 Å². The number of carbonyl (C=O) groups excluding carboxylic acids is 2. The Hall–Kier alpha value is -3.52. The standard InChI is InChI=1S/C26H32N2O6/c1-16-14-18(32-4)9-10-19(16)24(29)22-23(17-8-11-20(33-5)21(15-17)34-6)28(26(31)25(22)30)13-7-12-27(2)3/h8-11,14-15,23,29H,7,12-13H2,1-6H3/b24-22+/t23-/m0/s1. The molecule has 0 spiro atoms. The third-order valence-electron chi connectivity index (χ3n) is 5.96. The van der Waals surface area contributed by atoms with E-state index in [1.165, 1.54) is 19.1 Å². The Morgan fingerprint density at radius 2 is 1.71 bits per heavy atom. The Balaban J connectivity index is 2.17. The Morgan fingerprint density at radius 1 is 1.00 bits per heavy atom. The van der Waals surface area contributed by atoms with Gasteiger partial charge in [-0.2, -0.15) is 0 Å². The van der Waals surface area contributed by atoms with Crippen LogP contribution < -0.4 is 14.2 Å². The molecule has 0 saturated carbocycles. The predicted molar refractivity (Wildman–Crippen MR) is 129 cm³/mol. The minimum Gasteiger partial charge on any atom is -0.507 e. The summed E-state index contributed by atoms with van der Waals surface area (Å²) in [6.07, 6.45) is 0.672. The van der Waals surface area contributed by atoms with Crippen molar-refractivity contribution < 1.29 is 28.9 Å². The average Bonchev–Trinajstić information content (AvgIpc) is 3.07. The molecule has 8 nitrogen and oxygen atoms in total. The van der Waals surface area contributed by atoms with Crippen LogP contribution in [0.25, 0.3) is 5.76 Å². The molecule has 0 bridgehead atoms. The lowest BCUT2D eigenvalue weighted by Gasteiger charge is -2.26. The fraction of sp³-hybridized carbons (Fsp3) is 0.385. The monoisotopic (exact) mass is 468 g/mol. The van der Waals surface area contributed by atoms with E-state index < -0.39 is 17.7 Å². The number of rotatable bonds is 9. The normalized spacial score (nSPS) is 17.4. The molecule has 1 atom stereocenters. The number of ketones is 1. The van der Waals surface area contributed by atoms with Gasteiger partial charge in [-0.1, -0.05) is 6.07 Å². The van der Waals surface area contributed by atoms with Crippen molar-refractivity contribution in [3.05, 3.63) is 58.7 Å². The highest BCUT2D eigenvalue weighted by atomic mass is 16.5. The molecule has 0 aromatic heterocycles. The van der Waals surface area contributed by atoms with Gasteiger partial charge in [0.25, 0.3) is 11.7 Å². The highest BCUT2D eigenvalue weighted by Gasteiger charge is 2.46. The van der Waals surface area contributed by atoms with E-state index in [0.29, 0.717) is 41.3 Å². The highest BCUT2D eigenvalue weighted by Crippen LogP contribution is 2.42. The molecule has 1 heterocycles. The summed E-state index contributed by atoms with van der Waals surface area (Å²) in [7, 11) is 8.52. The van der Waals surface area contributed by atoms with Crippen LogP contribution in [0.4, 0.5) is 0 Å². The first kappa shape index (κ1) is 25.1. The van der Waals surface area contributed by atoms with Gasteiger partial charge in [-0.05, 0) is 75.4 Å². The van der Waals surface area contributed by atoms with Crippen LogP contribution in [0, 0.1) is 6.92 Å². The number of aryl methyl sites for hydroxylation is 1. The largest absolute Gasteiger partial charge is 0.507 e. The number of amides is 1. The molecule has 0 aliphatic carbocycles. The molecule has 1 amide bonds. The quantitative estimate of drug-likeness (QED) is 0.343. The molecule has 182 valence electrons. The third kappa shape index (κ3) is 4.87. The third-order valence-corrected chi connectivity index (χ3v) is 5.96. The molecule has 1 saturated heterocycles. The van der Waals surface area contributed by atoms with Gasteiger partial charge in [0.2, 0.25) is 0 Å². The molecule has 34 heavy (non-hydrogen) atoms. The minimum atomic E-state index is -0.761. The van der Waals surface area contributed by atoms with Gasteiger partial charge in [-0.25, -0.2) is 0 Å². The molecule has 3 rings (SSSR count). The molecule has 0 radical (unpaired) electrons. The van der Waals surface area contributed by atoms with Gasteiger partial charge in [0.1, 0.15) is 11.5 Å². The Labute approximate surface area is 200 Å². The van der Waals surface area contributed by atoms with Crippen LogP contribution in [-0.4, -0.2) is 75.1 Å². The number of benzene rings is 2. The van der Waals surface area contributed by atoms with Crippen LogP contribution in [0.2, 0.25) is 0 Å². The highest BCUT2D eigenvalue weighted by molar-refractivity contribution is 6.46. The minimum absolute atomic E-state index is 0.0512. The summed E-state index contributed by atoms with van der Waals surface area (Å²) in [5.41, 5.74) is 1.89. The number of Topliss-reactive ketones (excluding diaryl/α,β-unsaturated/α-hetero) is 1. The molecule has 1 aliphatic heterocycles. The molecule has 1 N–H and O–H groups in total. The van der Waals surface area contributed by atoms with Crippen molar-refractivity contribution in [3.63, 3.8) is 0 Å². The van der Waals surface area contributed by atoms with E-state index in [1.807, 2.05) is 25.9 Å². The number of carbonyl (C=O) groups is 2. The smallest absolute Gasteiger partial charge is 0.295 e. The van der Waals surface area contributed by atoms with Crippen molar-refractivity contribution in [2.45, 2.75) is 19.4 Å². The SMILES string of the molecule is COc1ccc(/C(O)=C2\C(=O)C(=O)N(CCCN(C)C)[C@H]2c2ccc(OC)c(OC)c2)c(C)c1. The van der Waals surface area contributed by atoms with Gasteiger partial charge in [-0.3, -0.25) is 9.59 Å². The van der Waals surface area contributed by atoms with Gasteiger partial charge < -0.3 is 29.1 Å². The molecular formula is C26H32N2O6. The Kier molecular flexibility index (Phi) is 7.83. The van der Waals surface area contributed by atoms with Gasteiger partial charge in [-0.15, -0.1) is 0 Å². The summed E-state index contributed by atoms with van der Waals surface area (Å²) < 4.78 is 16.0. The fourth-order valence-corrected chi connectivity index (χ4v) is 4.21. The van der Waals surface area contributed by atoms with Gasteiger partial charge in [0.05, 0.1) is 32.9 Å². The van der Waals surface area contributed by atoms with Crippen molar-refractivity contribution >= 4 is 17.4 Å². The maximum Gasteiger partial charge on any atom is 0.295 e. The molecule has 8 heteroatoms. The van der Waals surface area contributed by atoms with E-state index in [4.69, 9.17) is 14.2 Å². The molecule has 1 aliphatic rings. The van der Waals surface area contributed by atoms with Crippen molar-refractivity contribution in [2.75, 3.05) is 48.5 Å². The summed E-state index contributed by atoms with van der Waals surface area (Å²) in [4.78, 5) is 29.9. The lowest BCUT2D eigenvalue weighted by Crippen LogP contribution is -2.32. The van der Waals surface area contributed by atoms with Gasteiger partial charge >= 0.3 is 0 Å². The van der Waals surface area contributed by atoms with E-state index in [-0.39, 0.29) is 11.3 Å².